The Kier molecular flexibility index (Phi) is 14.7. The number of halogens is 2. The van der Waals surface area contributed by atoms with E-state index in [0.717, 1.165) is 6.42 Å². The molecule has 0 radical (unpaired) electrons. The molecule has 3 aromatic rings. The van der Waals surface area contributed by atoms with Crippen LogP contribution in [0.15, 0.2) is 60.7 Å². The second-order valence-corrected chi connectivity index (χ2v) is 9.88. The van der Waals surface area contributed by atoms with Crippen LogP contribution in [0.25, 0.3) is 21.5 Å². The van der Waals surface area contributed by atoms with Crippen LogP contribution >= 0.6 is 0 Å². The van der Waals surface area contributed by atoms with Crippen molar-refractivity contribution in [2.75, 3.05) is 9.80 Å². The smallest absolute Gasteiger partial charge is 1.00 e. The minimum Gasteiger partial charge on any atom is -1.00 e. The van der Waals surface area contributed by atoms with E-state index in [9.17, 15) is 0 Å². The maximum absolute atomic E-state index is 2.99. The van der Waals surface area contributed by atoms with Gasteiger partial charge in [-0.25, -0.2) is 12.2 Å². The van der Waals surface area contributed by atoms with Gasteiger partial charge in [-0.05, 0) is 55.4 Å². The molecule has 3 aromatic carbocycles. The molecule has 2 nitrogen and oxygen atoms in total. The van der Waals surface area contributed by atoms with Crippen LogP contribution < -0.4 is 34.6 Å². The van der Waals surface area contributed by atoms with Crippen LogP contribution in [0.4, 0.5) is 11.4 Å². The van der Waals surface area contributed by atoms with E-state index in [-0.39, 0.29) is 51.0 Å². The molecular formula is C30H40Cl2N2Zr. The summed E-state index contributed by atoms with van der Waals surface area (Å²) in [5.74, 6) is 0. The predicted molar refractivity (Wildman–Crippen MR) is 144 cm³/mol. The van der Waals surface area contributed by atoms with Crippen LogP contribution in [-0.4, -0.2) is 24.2 Å². The normalized spacial score (nSPS) is 12.0. The van der Waals surface area contributed by atoms with Gasteiger partial charge in [0.25, 0.3) is 0 Å². The van der Waals surface area contributed by atoms with Crippen molar-refractivity contribution in [1.29, 1.82) is 0 Å². The topological polar surface area (TPSA) is 6.48 Å². The number of nitrogens with zero attached hydrogens (tertiary/aromatic N) is 2. The average Bonchev–Trinajstić information content (AvgIpc) is 3.37. The maximum Gasteiger partial charge on any atom is 4.00 e. The molecule has 0 heterocycles. The number of rotatable bonds is 6. The summed E-state index contributed by atoms with van der Waals surface area (Å²) < 4.78 is 0. The van der Waals surface area contributed by atoms with Gasteiger partial charge >= 0.3 is 26.2 Å². The molecule has 0 bridgehead atoms. The molecule has 0 aromatic heterocycles. The van der Waals surface area contributed by atoms with Gasteiger partial charge in [0.05, 0.1) is 0 Å². The molecule has 0 spiro atoms. The molecule has 5 heteroatoms. The third-order valence-electron chi connectivity index (χ3n) is 6.08. The molecule has 0 fully saturated rings. The molecule has 1 aliphatic carbocycles. The molecule has 1 aliphatic rings. The molecule has 4 rings (SSSR count). The monoisotopic (exact) mass is 588 g/mol. The Labute approximate surface area is 245 Å². The van der Waals surface area contributed by atoms with Crippen molar-refractivity contribution in [2.45, 2.75) is 86.0 Å². The van der Waals surface area contributed by atoms with E-state index in [1.165, 1.54) is 32.9 Å². The first-order chi connectivity index (χ1) is 15.2. The van der Waals surface area contributed by atoms with E-state index < -0.39 is 0 Å². The molecule has 0 N–H and O–H groups in total. The largest absolute Gasteiger partial charge is 4.00 e. The van der Waals surface area contributed by atoms with Gasteiger partial charge in [0.15, 0.2) is 0 Å². The summed E-state index contributed by atoms with van der Waals surface area (Å²) >= 11 is 0. The zero-order valence-electron chi connectivity index (χ0n) is 22.4. The summed E-state index contributed by atoms with van der Waals surface area (Å²) in [7, 11) is 0. The van der Waals surface area contributed by atoms with Crippen molar-refractivity contribution in [3.05, 3.63) is 66.8 Å². The van der Waals surface area contributed by atoms with Gasteiger partial charge in [0.2, 0.25) is 0 Å². The zero-order chi connectivity index (χ0) is 23.4. The van der Waals surface area contributed by atoms with E-state index in [2.05, 4.69) is 120 Å². The summed E-state index contributed by atoms with van der Waals surface area (Å²) in [4.78, 5) is 4.98. The number of anilines is 2. The average molecular weight is 591 g/mol. The van der Waals surface area contributed by atoms with Crippen molar-refractivity contribution in [3.8, 4) is 0 Å². The predicted octanol–water partition coefficient (Wildman–Crippen LogP) is 2.27. The SMILES string of the molecule is CC(C)N(c1ccc2c(c1)[cH-]c1cc(N(C(C)C)C(C)C)ccc12)C(C)C.[C-]1=CC=CC1.[Cl-].[Cl-].[Zr+4]. The fourth-order valence-corrected chi connectivity index (χ4v) is 5.04. The Morgan fingerprint density at radius 2 is 1.09 bits per heavy atom. The molecule has 188 valence electrons. The van der Waals surface area contributed by atoms with Crippen molar-refractivity contribution < 1.29 is 51.0 Å². The van der Waals surface area contributed by atoms with Crippen molar-refractivity contribution in [3.63, 3.8) is 0 Å². The molecule has 0 saturated heterocycles. The summed E-state index contributed by atoms with van der Waals surface area (Å²) in [6, 6.07) is 18.2. The fourth-order valence-electron chi connectivity index (χ4n) is 5.04. The number of hydrogen-bond donors (Lipinski definition) is 0. The van der Waals surface area contributed by atoms with E-state index in [1.54, 1.807) is 0 Å². The van der Waals surface area contributed by atoms with E-state index >= 15 is 0 Å². The summed E-state index contributed by atoms with van der Waals surface area (Å²) in [5.41, 5.74) is 2.63. The van der Waals surface area contributed by atoms with Gasteiger partial charge in [-0.3, -0.25) is 6.08 Å². The number of allylic oxidation sites excluding steroid dienone is 4. The molecule has 35 heavy (non-hydrogen) atoms. The van der Waals surface area contributed by atoms with Gasteiger partial charge in [-0.15, -0.1) is 34.0 Å². The molecule has 0 aliphatic heterocycles. The van der Waals surface area contributed by atoms with Crippen LogP contribution in [0.3, 0.4) is 0 Å². The van der Waals surface area contributed by atoms with Gasteiger partial charge in [0, 0.05) is 35.5 Å². The van der Waals surface area contributed by atoms with Gasteiger partial charge in [-0.1, -0.05) is 36.4 Å². The van der Waals surface area contributed by atoms with Crippen molar-refractivity contribution in [1.82, 2.24) is 0 Å². The standard InChI is InChI=1S/C25H35N2.C5H5.2ClH.Zr/c1-16(2)26(17(3)4)22-9-11-24-20(14-22)13-21-15-23(10-12-25(21)24)27(18(5)6)19(7)8;1-2-4-5-3-1;;;/h9-19H,1-8H3;1-3H,4H2;2*1H;/q2*-1;;;+4/p-2. The Morgan fingerprint density at radius 3 is 1.34 bits per heavy atom. The maximum atomic E-state index is 2.99. The van der Waals surface area contributed by atoms with E-state index in [0.29, 0.717) is 24.2 Å². The number of benzene rings is 2. The Hall–Kier alpha value is -1.15. The first-order valence-electron chi connectivity index (χ1n) is 12.1. The minimum atomic E-state index is 0. The Bertz CT molecular complexity index is 996. The Morgan fingerprint density at radius 1 is 0.686 bits per heavy atom. The third-order valence-corrected chi connectivity index (χ3v) is 6.08. The summed E-state index contributed by atoms with van der Waals surface area (Å²) in [6.45, 7) is 18.1. The molecule has 0 unspecified atom stereocenters. The van der Waals surface area contributed by atoms with Gasteiger partial charge < -0.3 is 34.6 Å². The van der Waals surface area contributed by atoms with Crippen LogP contribution in [0.5, 0.6) is 0 Å². The zero-order valence-corrected chi connectivity index (χ0v) is 26.4. The van der Waals surface area contributed by atoms with Crippen LogP contribution in [-0.2, 0) is 26.2 Å². The molecular weight excluding hydrogens is 550 g/mol. The quantitative estimate of drug-likeness (QED) is 0.407. The van der Waals surface area contributed by atoms with Crippen LogP contribution in [0.1, 0.15) is 61.8 Å². The first-order valence-corrected chi connectivity index (χ1v) is 12.1. The number of fused-ring (bicyclic) bond motifs is 3. The van der Waals surface area contributed by atoms with Crippen molar-refractivity contribution >= 4 is 32.9 Å². The van der Waals surface area contributed by atoms with E-state index in [1.807, 2.05) is 12.2 Å². The summed E-state index contributed by atoms with van der Waals surface area (Å²) in [5, 5.41) is 5.39. The molecule has 0 amide bonds. The fraction of sp³-hybridized carbons (Fsp3) is 0.433. The van der Waals surface area contributed by atoms with Gasteiger partial charge in [0.1, 0.15) is 0 Å². The van der Waals surface area contributed by atoms with Gasteiger partial charge in [-0.2, -0.15) is 6.08 Å². The molecule has 0 saturated carbocycles. The second-order valence-electron chi connectivity index (χ2n) is 9.88. The first kappa shape index (κ1) is 33.9. The second kappa shape index (κ2) is 15.2. The van der Waals surface area contributed by atoms with E-state index in [4.69, 9.17) is 0 Å². The molecule has 0 atom stereocenters. The minimum absolute atomic E-state index is 0. The summed E-state index contributed by atoms with van der Waals surface area (Å²) in [6.07, 6.45) is 10.0. The van der Waals surface area contributed by atoms with Crippen molar-refractivity contribution in [2.24, 2.45) is 0 Å². The number of hydrogen-bond acceptors (Lipinski definition) is 2. The Balaban J connectivity index is 0.00000129. The van der Waals surface area contributed by atoms with Crippen LogP contribution in [0.2, 0.25) is 0 Å². The third kappa shape index (κ3) is 8.17. The van der Waals surface area contributed by atoms with Crippen LogP contribution in [0, 0.1) is 6.08 Å².